The van der Waals surface area contributed by atoms with Gasteiger partial charge in [-0.1, -0.05) is 42.0 Å². The van der Waals surface area contributed by atoms with E-state index in [0.717, 1.165) is 17.7 Å². The van der Waals surface area contributed by atoms with E-state index in [4.69, 9.17) is 5.73 Å². The van der Waals surface area contributed by atoms with Crippen LogP contribution >= 0.6 is 0 Å². The largest absolute Gasteiger partial charge is 0.368 e. The molecule has 28 heavy (non-hydrogen) atoms. The lowest BCUT2D eigenvalue weighted by atomic mass is 9.93. The number of amides is 2. The standard InChI is InChI=1S/C23H29N3O2/c1-15-8-9-19(16(2)12-15)14-26-21-7-5-4-6-17(21)10-11-18(23(26)28)13-20(25-3)22(24)27/h4-9,12,18,20,25H,10-11,13-14H2,1-3H3,(H2,24,27)/t18-,20-/m0/s1. The van der Waals surface area contributed by atoms with E-state index in [1.165, 1.54) is 16.7 Å². The molecule has 0 fully saturated rings. The lowest BCUT2D eigenvalue weighted by molar-refractivity contribution is -0.124. The number of anilines is 1. The van der Waals surface area contributed by atoms with E-state index in [0.29, 0.717) is 19.4 Å². The quantitative estimate of drug-likeness (QED) is 0.810. The number of likely N-dealkylation sites (N-methyl/N-ethyl adjacent to an activating group) is 1. The molecule has 0 bridgehead atoms. The Morgan fingerprint density at radius 1 is 1.25 bits per heavy atom. The molecule has 1 aliphatic heterocycles. The molecule has 1 aliphatic rings. The molecular weight excluding hydrogens is 350 g/mol. The van der Waals surface area contributed by atoms with E-state index in [1.807, 2.05) is 23.1 Å². The molecule has 0 aromatic heterocycles. The Morgan fingerprint density at radius 3 is 2.68 bits per heavy atom. The van der Waals surface area contributed by atoms with Gasteiger partial charge < -0.3 is 16.0 Å². The van der Waals surface area contributed by atoms with Crippen molar-refractivity contribution < 1.29 is 9.59 Å². The van der Waals surface area contributed by atoms with Gasteiger partial charge >= 0.3 is 0 Å². The molecule has 3 N–H and O–H groups in total. The zero-order valence-electron chi connectivity index (χ0n) is 16.9. The van der Waals surface area contributed by atoms with Gasteiger partial charge in [0.25, 0.3) is 0 Å². The number of rotatable bonds is 6. The van der Waals surface area contributed by atoms with E-state index >= 15 is 0 Å². The highest BCUT2D eigenvalue weighted by Crippen LogP contribution is 2.32. The Hall–Kier alpha value is -2.66. The Labute approximate surface area is 166 Å². The fourth-order valence-electron chi connectivity index (χ4n) is 4.01. The SMILES string of the molecule is CN[C@@H](C[C@@H]1CCc2ccccc2N(Cc2ccc(C)cc2C)C1=O)C(N)=O. The molecule has 1 heterocycles. The molecule has 2 aromatic rings. The Bertz CT molecular complexity index is 878. The molecule has 5 heteroatoms. The van der Waals surface area contributed by atoms with Crippen LogP contribution in [0.5, 0.6) is 0 Å². The van der Waals surface area contributed by atoms with Crippen molar-refractivity contribution in [3.63, 3.8) is 0 Å². The van der Waals surface area contributed by atoms with Crippen LogP contribution in [0.4, 0.5) is 5.69 Å². The summed E-state index contributed by atoms with van der Waals surface area (Å²) in [6, 6.07) is 13.9. The van der Waals surface area contributed by atoms with Crippen LogP contribution in [-0.4, -0.2) is 24.9 Å². The smallest absolute Gasteiger partial charge is 0.234 e. The number of aryl methyl sites for hydroxylation is 3. The van der Waals surface area contributed by atoms with Crippen LogP contribution in [-0.2, 0) is 22.6 Å². The summed E-state index contributed by atoms with van der Waals surface area (Å²) in [7, 11) is 1.71. The second kappa shape index (κ2) is 8.57. The highest BCUT2D eigenvalue weighted by atomic mass is 16.2. The van der Waals surface area contributed by atoms with Crippen molar-refractivity contribution in [2.24, 2.45) is 11.7 Å². The number of carbonyl (C=O) groups is 2. The van der Waals surface area contributed by atoms with Gasteiger partial charge in [0, 0.05) is 11.6 Å². The first kappa shape index (κ1) is 20.1. The molecule has 3 rings (SSSR count). The number of nitrogens with two attached hydrogens (primary N) is 1. The summed E-state index contributed by atoms with van der Waals surface area (Å²) in [5.41, 5.74) is 11.2. The lowest BCUT2D eigenvalue weighted by Gasteiger charge is -2.28. The molecule has 0 aliphatic carbocycles. The number of hydrogen-bond acceptors (Lipinski definition) is 3. The first-order valence-electron chi connectivity index (χ1n) is 9.82. The summed E-state index contributed by atoms with van der Waals surface area (Å²) in [6.45, 7) is 4.68. The Kier molecular flexibility index (Phi) is 6.15. The van der Waals surface area contributed by atoms with Gasteiger partial charge in [-0.05, 0) is 62.9 Å². The molecule has 0 spiro atoms. The summed E-state index contributed by atoms with van der Waals surface area (Å²) in [5, 5.41) is 2.95. The van der Waals surface area contributed by atoms with Crippen LogP contribution in [0.15, 0.2) is 42.5 Å². The van der Waals surface area contributed by atoms with Crippen LogP contribution in [0.2, 0.25) is 0 Å². The van der Waals surface area contributed by atoms with Gasteiger partial charge in [-0.2, -0.15) is 0 Å². The van der Waals surface area contributed by atoms with Gasteiger partial charge in [0.15, 0.2) is 0 Å². The third-order valence-electron chi connectivity index (χ3n) is 5.70. The molecule has 0 radical (unpaired) electrons. The molecule has 2 atom stereocenters. The van der Waals surface area contributed by atoms with Crippen molar-refractivity contribution in [3.8, 4) is 0 Å². The summed E-state index contributed by atoms with van der Waals surface area (Å²) in [5.74, 6) is -0.604. The van der Waals surface area contributed by atoms with Gasteiger partial charge in [0.2, 0.25) is 11.8 Å². The third-order valence-corrected chi connectivity index (χ3v) is 5.70. The minimum Gasteiger partial charge on any atom is -0.368 e. The normalized spacial score (nSPS) is 17.8. The first-order valence-corrected chi connectivity index (χ1v) is 9.82. The van der Waals surface area contributed by atoms with Gasteiger partial charge in [0.1, 0.15) is 0 Å². The zero-order chi connectivity index (χ0) is 20.3. The monoisotopic (exact) mass is 379 g/mol. The van der Waals surface area contributed by atoms with E-state index in [2.05, 4.69) is 43.4 Å². The second-order valence-electron chi connectivity index (χ2n) is 7.70. The predicted octanol–water partition coefficient (Wildman–Crippen LogP) is 2.86. The van der Waals surface area contributed by atoms with Crippen LogP contribution < -0.4 is 16.0 Å². The number of nitrogens with zero attached hydrogens (tertiary/aromatic N) is 1. The van der Waals surface area contributed by atoms with Gasteiger partial charge in [0.05, 0.1) is 12.6 Å². The van der Waals surface area contributed by atoms with E-state index in [1.54, 1.807) is 7.05 Å². The molecule has 0 unspecified atom stereocenters. The van der Waals surface area contributed by atoms with Crippen LogP contribution in [0.1, 0.15) is 35.1 Å². The number of para-hydroxylation sites is 1. The van der Waals surface area contributed by atoms with Crippen molar-refractivity contribution in [2.45, 2.75) is 45.7 Å². The van der Waals surface area contributed by atoms with Crippen molar-refractivity contribution in [3.05, 3.63) is 64.7 Å². The van der Waals surface area contributed by atoms with Crippen molar-refractivity contribution >= 4 is 17.5 Å². The van der Waals surface area contributed by atoms with Crippen molar-refractivity contribution in [1.29, 1.82) is 0 Å². The average molecular weight is 380 g/mol. The highest BCUT2D eigenvalue weighted by Gasteiger charge is 2.33. The number of fused-ring (bicyclic) bond motifs is 1. The van der Waals surface area contributed by atoms with Crippen LogP contribution in [0.25, 0.3) is 0 Å². The topological polar surface area (TPSA) is 75.4 Å². The molecule has 0 saturated carbocycles. The van der Waals surface area contributed by atoms with E-state index in [-0.39, 0.29) is 11.8 Å². The molecular formula is C23H29N3O2. The molecule has 2 amide bonds. The Balaban J connectivity index is 1.95. The number of carbonyl (C=O) groups excluding carboxylic acids is 2. The van der Waals surface area contributed by atoms with Crippen molar-refractivity contribution in [1.82, 2.24) is 5.32 Å². The average Bonchev–Trinajstić information content (AvgIpc) is 2.79. The van der Waals surface area contributed by atoms with E-state index in [9.17, 15) is 9.59 Å². The molecule has 5 nitrogen and oxygen atoms in total. The first-order chi connectivity index (χ1) is 13.4. The van der Waals surface area contributed by atoms with Gasteiger partial charge in [-0.15, -0.1) is 0 Å². The van der Waals surface area contributed by atoms with Gasteiger partial charge in [-0.25, -0.2) is 0 Å². The molecule has 2 aromatic carbocycles. The van der Waals surface area contributed by atoms with Gasteiger partial charge in [-0.3, -0.25) is 9.59 Å². The minimum absolute atomic E-state index is 0.0615. The summed E-state index contributed by atoms with van der Waals surface area (Å²) < 4.78 is 0. The molecule has 148 valence electrons. The maximum absolute atomic E-state index is 13.5. The zero-order valence-corrected chi connectivity index (χ0v) is 16.9. The summed E-state index contributed by atoms with van der Waals surface area (Å²) in [4.78, 5) is 27.1. The number of hydrogen-bond donors (Lipinski definition) is 2. The van der Waals surface area contributed by atoms with E-state index < -0.39 is 11.9 Å². The molecule has 0 saturated heterocycles. The second-order valence-corrected chi connectivity index (χ2v) is 7.70. The van der Waals surface area contributed by atoms with Crippen LogP contribution in [0.3, 0.4) is 0 Å². The fourth-order valence-corrected chi connectivity index (χ4v) is 4.01. The van der Waals surface area contributed by atoms with Crippen molar-refractivity contribution in [2.75, 3.05) is 11.9 Å². The number of nitrogens with one attached hydrogen (secondary N) is 1. The van der Waals surface area contributed by atoms with Crippen LogP contribution in [0, 0.1) is 19.8 Å². The summed E-state index contributed by atoms with van der Waals surface area (Å²) >= 11 is 0. The number of primary amides is 1. The lowest BCUT2D eigenvalue weighted by Crippen LogP contribution is -2.44. The predicted molar refractivity (Wildman–Crippen MR) is 112 cm³/mol. The minimum atomic E-state index is -0.502. The highest BCUT2D eigenvalue weighted by molar-refractivity contribution is 5.97. The Morgan fingerprint density at radius 2 is 2.00 bits per heavy atom. The summed E-state index contributed by atoms with van der Waals surface area (Å²) in [6.07, 6.45) is 1.94. The number of benzene rings is 2. The maximum atomic E-state index is 13.5. The maximum Gasteiger partial charge on any atom is 0.234 e. The third kappa shape index (κ3) is 4.25. The fraction of sp³-hybridized carbons (Fsp3) is 0.391.